The number of carbonyl (C=O) groups excluding carboxylic acids is 1. The molecule has 0 bridgehead atoms. The number of hydrogen-bond donors (Lipinski definition) is 2. The summed E-state index contributed by atoms with van der Waals surface area (Å²) in [5.41, 5.74) is 3.80. The maximum atomic E-state index is 12.2. The van der Waals surface area contributed by atoms with Crippen LogP contribution in [0, 0.1) is 11.3 Å². The van der Waals surface area contributed by atoms with Crippen LogP contribution >= 0.6 is 0 Å². The van der Waals surface area contributed by atoms with Crippen molar-refractivity contribution in [3.05, 3.63) is 59.7 Å². The van der Waals surface area contributed by atoms with Gasteiger partial charge >= 0.3 is 12.1 Å². The molecule has 0 spiro atoms. The molecule has 140 valence electrons. The minimum atomic E-state index is -0.856. The van der Waals surface area contributed by atoms with Gasteiger partial charge in [-0.2, -0.15) is 0 Å². The molecule has 4 rings (SSSR count). The van der Waals surface area contributed by atoms with E-state index >= 15 is 0 Å². The molecule has 2 aromatic carbocycles. The molecule has 5 nitrogen and oxygen atoms in total. The van der Waals surface area contributed by atoms with Crippen molar-refractivity contribution >= 4 is 12.1 Å². The van der Waals surface area contributed by atoms with E-state index in [1.165, 1.54) is 11.1 Å². The fraction of sp³-hybridized carbons (Fsp3) is 0.364. The highest BCUT2D eigenvalue weighted by Gasteiger charge is 2.50. The Bertz CT molecular complexity index is 848. The zero-order valence-electron chi connectivity index (χ0n) is 15.3. The molecule has 0 heterocycles. The van der Waals surface area contributed by atoms with E-state index in [1.54, 1.807) is 0 Å². The summed E-state index contributed by atoms with van der Waals surface area (Å²) in [5.74, 6) is -0.789. The van der Waals surface area contributed by atoms with Gasteiger partial charge < -0.3 is 15.2 Å². The molecule has 2 unspecified atom stereocenters. The molecule has 27 heavy (non-hydrogen) atoms. The molecule has 0 aromatic heterocycles. The largest absolute Gasteiger partial charge is 0.481 e. The lowest BCUT2D eigenvalue weighted by Crippen LogP contribution is -2.53. The number of ether oxygens (including phenoxy) is 1. The van der Waals surface area contributed by atoms with Gasteiger partial charge in [0, 0.05) is 12.5 Å². The van der Waals surface area contributed by atoms with Gasteiger partial charge in [-0.25, -0.2) is 4.79 Å². The van der Waals surface area contributed by atoms with Crippen LogP contribution in [-0.2, 0) is 9.53 Å². The van der Waals surface area contributed by atoms with Gasteiger partial charge in [0.15, 0.2) is 0 Å². The van der Waals surface area contributed by atoms with Crippen molar-refractivity contribution in [3.63, 3.8) is 0 Å². The number of carboxylic acid groups (broad SMARTS) is 1. The van der Waals surface area contributed by atoms with E-state index in [-0.39, 0.29) is 25.0 Å². The Hall–Kier alpha value is -2.82. The van der Waals surface area contributed by atoms with Gasteiger partial charge in [-0.1, -0.05) is 55.5 Å². The third-order valence-electron chi connectivity index (χ3n) is 6.28. The summed E-state index contributed by atoms with van der Waals surface area (Å²) in [5, 5.41) is 12.2. The predicted octanol–water partition coefficient (Wildman–Crippen LogP) is 4.03. The number of rotatable bonds is 5. The maximum absolute atomic E-state index is 12.2. The Morgan fingerprint density at radius 2 is 1.70 bits per heavy atom. The molecule has 2 aliphatic carbocycles. The van der Waals surface area contributed by atoms with Crippen LogP contribution in [0.2, 0.25) is 0 Å². The summed E-state index contributed by atoms with van der Waals surface area (Å²) < 4.78 is 5.48. The van der Waals surface area contributed by atoms with Crippen molar-refractivity contribution in [1.29, 1.82) is 0 Å². The molecule has 1 saturated carbocycles. The highest BCUT2D eigenvalue weighted by Crippen LogP contribution is 2.46. The van der Waals surface area contributed by atoms with Gasteiger partial charge in [0.05, 0.1) is 5.41 Å². The van der Waals surface area contributed by atoms with E-state index in [2.05, 4.69) is 29.6 Å². The van der Waals surface area contributed by atoms with Gasteiger partial charge in [0.25, 0.3) is 0 Å². The Morgan fingerprint density at radius 1 is 1.11 bits per heavy atom. The first-order valence-electron chi connectivity index (χ1n) is 9.35. The van der Waals surface area contributed by atoms with Crippen LogP contribution in [0.15, 0.2) is 48.5 Å². The normalized spacial score (nSPS) is 23.1. The second-order valence-corrected chi connectivity index (χ2v) is 7.58. The molecule has 2 atom stereocenters. The predicted molar refractivity (Wildman–Crippen MR) is 102 cm³/mol. The van der Waals surface area contributed by atoms with Gasteiger partial charge in [0.1, 0.15) is 6.61 Å². The molecular weight excluding hydrogens is 342 g/mol. The van der Waals surface area contributed by atoms with E-state index in [9.17, 15) is 14.7 Å². The van der Waals surface area contributed by atoms with Crippen molar-refractivity contribution in [1.82, 2.24) is 5.32 Å². The van der Waals surface area contributed by atoms with E-state index in [0.717, 1.165) is 17.5 Å². The number of fused-ring (bicyclic) bond motifs is 3. The van der Waals surface area contributed by atoms with Gasteiger partial charge in [0.2, 0.25) is 0 Å². The zero-order valence-corrected chi connectivity index (χ0v) is 15.3. The molecule has 0 aliphatic heterocycles. The molecular formula is C22H23NO4. The highest BCUT2D eigenvalue weighted by molar-refractivity contribution is 5.79. The van der Waals surface area contributed by atoms with Crippen LogP contribution in [0.25, 0.3) is 11.1 Å². The minimum absolute atomic E-state index is 0.000731. The smallest absolute Gasteiger partial charge is 0.407 e. The first-order chi connectivity index (χ1) is 13.0. The van der Waals surface area contributed by atoms with Gasteiger partial charge in [-0.3, -0.25) is 4.79 Å². The SMILES string of the molecule is CC1CCC1(CNC(=O)OCC1c2ccccc2-c2ccccc21)C(=O)O. The van der Waals surface area contributed by atoms with Crippen LogP contribution in [-0.4, -0.2) is 30.3 Å². The molecule has 1 fully saturated rings. The molecule has 2 aromatic rings. The van der Waals surface area contributed by atoms with Crippen LogP contribution < -0.4 is 5.32 Å². The fourth-order valence-electron chi connectivity index (χ4n) is 4.32. The van der Waals surface area contributed by atoms with Crippen LogP contribution in [0.4, 0.5) is 4.79 Å². The summed E-state index contributed by atoms with van der Waals surface area (Å²) >= 11 is 0. The Morgan fingerprint density at radius 3 is 2.19 bits per heavy atom. The summed E-state index contributed by atoms with van der Waals surface area (Å²) in [4.78, 5) is 23.8. The maximum Gasteiger partial charge on any atom is 0.407 e. The number of carbonyl (C=O) groups is 2. The number of alkyl carbamates (subject to hydrolysis) is 1. The Balaban J connectivity index is 1.42. The monoisotopic (exact) mass is 365 g/mol. The Labute approximate surface area is 158 Å². The molecule has 1 amide bonds. The van der Waals surface area contributed by atoms with Crippen LogP contribution in [0.5, 0.6) is 0 Å². The van der Waals surface area contributed by atoms with E-state index in [0.29, 0.717) is 6.42 Å². The molecule has 0 radical (unpaired) electrons. The van der Waals surface area contributed by atoms with E-state index < -0.39 is 17.5 Å². The quantitative estimate of drug-likeness (QED) is 0.839. The minimum Gasteiger partial charge on any atom is -0.481 e. The zero-order chi connectivity index (χ0) is 19.0. The molecule has 5 heteroatoms. The fourth-order valence-corrected chi connectivity index (χ4v) is 4.32. The van der Waals surface area contributed by atoms with Crippen molar-refractivity contribution in [2.24, 2.45) is 11.3 Å². The molecule has 2 aliphatic rings. The first kappa shape index (κ1) is 17.6. The van der Waals surface area contributed by atoms with Crippen LogP contribution in [0.1, 0.15) is 36.8 Å². The van der Waals surface area contributed by atoms with Gasteiger partial charge in [-0.15, -0.1) is 0 Å². The average molecular weight is 365 g/mol. The average Bonchev–Trinajstić information content (AvgIpc) is 2.99. The van der Waals surface area contributed by atoms with Crippen LogP contribution in [0.3, 0.4) is 0 Å². The van der Waals surface area contributed by atoms with E-state index in [4.69, 9.17) is 4.74 Å². The number of hydrogen-bond acceptors (Lipinski definition) is 3. The van der Waals surface area contributed by atoms with Crippen molar-refractivity contribution < 1.29 is 19.4 Å². The lowest BCUT2D eigenvalue weighted by molar-refractivity contribution is -0.159. The standard InChI is InChI=1S/C22H23NO4/c1-14-10-11-22(14,20(24)25)13-23-21(26)27-12-19-17-8-4-2-6-15(17)16-7-3-5-9-18(16)19/h2-9,14,19H,10-13H2,1H3,(H,23,26)(H,24,25). The molecule has 2 N–H and O–H groups in total. The number of nitrogens with one attached hydrogen (secondary N) is 1. The summed E-state index contributed by atoms with van der Waals surface area (Å²) in [6.07, 6.45) is 0.905. The number of benzene rings is 2. The third-order valence-corrected chi connectivity index (χ3v) is 6.28. The summed E-state index contributed by atoms with van der Waals surface area (Å²) in [6, 6.07) is 16.3. The number of amides is 1. The van der Waals surface area contributed by atoms with E-state index in [1.807, 2.05) is 31.2 Å². The van der Waals surface area contributed by atoms with Crippen molar-refractivity contribution in [3.8, 4) is 11.1 Å². The number of carboxylic acids is 1. The lowest BCUT2D eigenvalue weighted by atomic mass is 9.61. The summed E-state index contributed by atoms with van der Waals surface area (Å²) in [7, 11) is 0. The first-order valence-corrected chi connectivity index (χ1v) is 9.35. The second kappa shape index (κ2) is 6.72. The van der Waals surface area contributed by atoms with Gasteiger partial charge in [-0.05, 0) is 41.0 Å². The molecule has 0 saturated heterocycles. The Kier molecular flexibility index (Phi) is 4.38. The topological polar surface area (TPSA) is 75.6 Å². The highest BCUT2D eigenvalue weighted by atomic mass is 16.5. The van der Waals surface area contributed by atoms with Crippen molar-refractivity contribution in [2.45, 2.75) is 25.7 Å². The summed E-state index contributed by atoms with van der Waals surface area (Å²) in [6.45, 7) is 2.26. The third kappa shape index (κ3) is 2.87. The lowest BCUT2D eigenvalue weighted by Gasteiger charge is -2.44. The number of aliphatic carboxylic acids is 1. The second-order valence-electron chi connectivity index (χ2n) is 7.58. The van der Waals surface area contributed by atoms with Crippen molar-refractivity contribution in [2.75, 3.05) is 13.2 Å².